The van der Waals surface area contributed by atoms with E-state index in [-0.39, 0.29) is 11.7 Å². The Labute approximate surface area is 80.0 Å². The number of hydrogen-bond acceptors (Lipinski definition) is 4. The molecular formula is C8H9N5O. The van der Waals surface area contributed by atoms with E-state index in [4.69, 9.17) is 0 Å². The highest BCUT2D eigenvalue weighted by Gasteiger charge is 2.12. The minimum absolute atomic E-state index is 0.162. The summed E-state index contributed by atoms with van der Waals surface area (Å²) in [6, 6.07) is 0. The van der Waals surface area contributed by atoms with E-state index >= 15 is 0 Å². The van der Waals surface area contributed by atoms with Crippen LogP contribution in [-0.4, -0.2) is 45.1 Å². The number of fused-ring (bicyclic) bond motifs is 1. The smallest absolute Gasteiger partial charge is 0.291 e. The number of H-pyrrole nitrogens is 1. The maximum absolute atomic E-state index is 11.5. The summed E-state index contributed by atoms with van der Waals surface area (Å²) >= 11 is 0. The number of nitrogens with zero attached hydrogens (tertiary/aromatic N) is 4. The molecule has 0 aromatic carbocycles. The summed E-state index contributed by atoms with van der Waals surface area (Å²) < 4.78 is 0. The van der Waals surface area contributed by atoms with Crippen molar-refractivity contribution in [1.82, 2.24) is 25.1 Å². The highest BCUT2D eigenvalue weighted by Crippen LogP contribution is 2.06. The Kier molecular flexibility index (Phi) is 1.88. The first-order valence-electron chi connectivity index (χ1n) is 4.06. The second-order valence-corrected chi connectivity index (χ2v) is 3.06. The molecule has 0 aliphatic heterocycles. The first-order chi connectivity index (χ1) is 6.68. The molecule has 0 saturated carbocycles. The summed E-state index contributed by atoms with van der Waals surface area (Å²) in [5, 5.41) is 7.32. The van der Waals surface area contributed by atoms with Crippen LogP contribution in [0.25, 0.3) is 11.0 Å². The van der Waals surface area contributed by atoms with Gasteiger partial charge in [-0.1, -0.05) is 0 Å². The molecule has 0 radical (unpaired) electrons. The molecule has 0 fully saturated rings. The average Bonchev–Trinajstić information content (AvgIpc) is 2.62. The van der Waals surface area contributed by atoms with Crippen molar-refractivity contribution in [2.45, 2.75) is 0 Å². The molecule has 1 N–H and O–H groups in total. The van der Waals surface area contributed by atoms with Gasteiger partial charge < -0.3 is 4.90 Å². The van der Waals surface area contributed by atoms with E-state index in [0.717, 1.165) is 5.39 Å². The van der Waals surface area contributed by atoms with Crippen molar-refractivity contribution in [3.05, 3.63) is 18.2 Å². The van der Waals surface area contributed by atoms with Crippen LogP contribution in [0.1, 0.15) is 10.6 Å². The fourth-order valence-corrected chi connectivity index (χ4v) is 1.04. The first kappa shape index (κ1) is 8.61. The number of aromatic amines is 1. The monoisotopic (exact) mass is 191 g/mol. The van der Waals surface area contributed by atoms with Gasteiger partial charge in [-0.2, -0.15) is 5.10 Å². The van der Waals surface area contributed by atoms with Crippen LogP contribution >= 0.6 is 0 Å². The van der Waals surface area contributed by atoms with Gasteiger partial charge in [-0.15, -0.1) is 0 Å². The lowest BCUT2D eigenvalue weighted by atomic mass is 10.4. The largest absolute Gasteiger partial charge is 0.342 e. The zero-order valence-corrected chi connectivity index (χ0v) is 7.85. The summed E-state index contributed by atoms with van der Waals surface area (Å²) in [5.74, 6) is -0.0653. The Morgan fingerprint density at radius 2 is 2.29 bits per heavy atom. The molecule has 0 unspecified atom stereocenters. The first-order valence-corrected chi connectivity index (χ1v) is 4.06. The molecule has 2 aromatic heterocycles. The van der Waals surface area contributed by atoms with Gasteiger partial charge in [-0.3, -0.25) is 9.89 Å². The summed E-state index contributed by atoms with van der Waals surface area (Å²) in [4.78, 5) is 20.8. The molecule has 2 aromatic rings. The molecule has 72 valence electrons. The van der Waals surface area contributed by atoms with Crippen molar-refractivity contribution in [2.24, 2.45) is 0 Å². The summed E-state index contributed by atoms with van der Waals surface area (Å²) in [6.45, 7) is 0. The van der Waals surface area contributed by atoms with Crippen LogP contribution in [0.2, 0.25) is 0 Å². The van der Waals surface area contributed by atoms with Crippen LogP contribution in [0.5, 0.6) is 0 Å². The maximum Gasteiger partial charge on any atom is 0.291 e. The molecule has 0 atom stereocenters. The molecule has 2 rings (SSSR count). The van der Waals surface area contributed by atoms with Crippen LogP contribution in [0.4, 0.5) is 0 Å². The Balaban J connectivity index is 2.48. The lowest BCUT2D eigenvalue weighted by Crippen LogP contribution is -2.23. The fourth-order valence-electron chi connectivity index (χ4n) is 1.04. The van der Waals surface area contributed by atoms with E-state index in [0.29, 0.717) is 5.65 Å². The SMILES string of the molecule is CN(C)C(=O)c1ncc2c[nH]nc2n1. The predicted molar refractivity (Wildman–Crippen MR) is 49.7 cm³/mol. The Morgan fingerprint density at radius 1 is 1.50 bits per heavy atom. The molecule has 1 amide bonds. The summed E-state index contributed by atoms with van der Waals surface area (Å²) in [5.41, 5.74) is 0.505. The quantitative estimate of drug-likeness (QED) is 0.691. The molecular weight excluding hydrogens is 182 g/mol. The third-order valence-corrected chi connectivity index (χ3v) is 1.78. The molecule has 0 saturated heterocycles. The van der Waals surface area contributed by atoms with E-state index < -0.39 is 0 Å². The van der Waals surface area contributed by atoms with Gasteiger partial charge in [0.2, 0.25) is 5.82 Å². The summed E-state index contributed by atoms with van der Waals surface area (Å²) in [7, 11) is 3.31. The highest BCUT2D eigenvalue weighted by molar-refractivity contribution is 5.91. The van der Waals surface area contributed by atoms with Crippen molar-refractivity contribution >= 4 is 16.9 Å². The molecule has 0 bridgehead atoms. The van der Waals surface area contributed by atoms with Crippen molar-refractivity contribution < 1.29 is 4.79 Å². The van der Waals surface area contributed by atoms with Crippen molar-refractivity contribution in [2.75, 3.05) is 14.1 Å². The zero-order chi connectivity index (χ0) is 10.1. The third kappa shape index (κ3) is 1.30. The molecule has 14 heavy (non-hydrogen) atoms. The molecule has 2 heterocycles. The predicted octanol–water partition coefficient (Wildman–Crippen LogP) is 0.0547. The maximum atomic E-state index is 11.5. The van der Waals surface area contributed by atoms with Gasteiger partial charge in [-0.05, 0) is 0 Å². The topological polar surface area (TPSA) is 74.8 Å². The molecule has 0 aliphatic rings. The molecule has 0 aliphatic carbocycles. The van der Waals surface area contributed by atoms with E-state index in [1.165, 1.54) is 4.90 Å². The number of nitrogens with one attached hydrogen (secondary N) is 1. The molecule has 6 heteroatoms. The minimum atomic E-state index is -0.227. The van der Waals surface area contributed by atoms with Crippen LogP contribution in [0.3, 0.4) is 0 Å². The number of aromatic nitrogens is 4. The zero-order valence-electron chi connectivity index (χ0n) is 7.85. The third-order valence-electron chi connectivity index (χ3n) is 1.78. The number of carbonyl (C=O) groups is 1. The number of carbonyl (C=O) groups excluding carboxylic acids is 1. The second-order valence-electron chi connectivity index (χ2n) is 3.06. The van der Waals surface area contributed by atoms with Gasteiger partial charge >= 0.3 is 0 Å². The molecule has 6 nitrogen and oxygen atoms in total. The van der Waals surface area contributed by atoms with Gasteiger partial charge in [0.1, 0.15) is 0 Å². The van der Waals surface area contributed by atoms with Crippen LogP contribution in [-0.2, 0) is 0 Å². The fraction of sp³-hybridized carbons (Fsp3) is 0.250. The van der Waals surface area contributed by atoms with Crippen molar-refractivity contribution in [3.63, 3.8) is 0 Å². The minimum Gasteiger partial charge on any atom is -0.342 e. The Morgan fingerprint density at radius 3 is 3.00 bits per heavy atom. The second kappa shape index (κ2) is 3.06. The van der Waals surface area contributed by atoms with E-state index in [1.807, 2.05) is 0 Å². The van der Waals surface area contributed by atoms with Crippen LogP contribution in [0, 0.1) is 0 Å². The van der Waals surface area contributed by atoms with Gasteiger partial charge in [0.05, 0.1) is 5.39 Å². The number of rotatable bonds is 1. The normalized spacial score (nSPS) is 10.4. The lowest BCUT2D eigenvalue weighted by Gasteiger charge is -2.07. The van der Waals surface area contributed by atoms with Gasteiger partial charge in [0.25, 0.3) is 5.91 Å². The van der Waals surface area contributed by atoms with E-state index in [9.17, 15) is 4.79 Å². The van der Waals surface area contributed by atoms with Gasteiger partial charge in [0.15, 0.2) is 5.65 Å². The van der Waals surface area contributed by atoms with Gasteiger partial charge in [0, 0.05) is 26.5 Å². The van der Waals surface area contributed by atoms with Crippen LogP contribution in [0.15, 0.2) is 12.4 Å². The number of hydrogen-bond donors (Lipinski definition) is 1. The Bertz CT molecular complexity index is 475. The molecule has 0 spiro atoms. The number of amides is 1. The lowest BCUT2D eigenvalue weighted by molar-refractivity contribution is 0.0816. The van der Waals surface area contributed by atoms with Gasteiger partial charge in [-0.25, -0.2) is 9.97 Å². The highest BCUT2D eigenvalue weighted by atomic mass is 16.2. The van der Waals surface area contributed by atoms with E-state index in [2.05, 4.69) is 20.2 Å². The van der Waals surface area contributed by atoms with Crippen LogP contribution < -0.4 is 0 Å². The van der Waals surface area contributed by atoms with E-state index in [1.54, 1.807) is 26.5 Å². The average molecular weight is 191 g/mol. The Hall–Kier alpha value is -1.98. The summed E-state index contributed by atoms with van der Waals surface area (Å²) in [6.07, 6.45) is 3.25. The van der Waals surface area contributed by atoms with Crippen molar-refractivity contribution in [3.8, 4) is 0 Å². The standard InChI is InChI=1S/C8H9N5O/c1-13(2)8(14)7-9-3-5-4-10-12-6(5)11-7/h3-4H,1-2H3,(H,9,10,11,12). The van der Waals surface area contributed by atoms with Crippen molar-refractivity contribution in [1.29, 1.82) is 0 Å².